The molecule has 0 aliphatic heterocycles. The minimum atomic E-state index is 0.400. The Morgan fingerprint density at radius 1 is 1.17 bits per heavy atom. The van der Waals surface area contributed by atoms with E-state index in [-0.39, 0.29) is 0 Å². The molecule has 1 aromatic heterocycles. The number of nitrogens with one attached hydrogen (secondary N) is 1. The van der Waals surface area contributed by atoms with Crippen LogP contribution in [0.2, 0.25) is 0 Å². The lowest BCUT2D eigenvalue weighted by molar-refractivity contribution is 0.292. The van der Waals surface area contributed by atoms with Crippen LogP contribution < -0.4 is 14.8 Å². The fourth-order valence-electron chi connectivity index (χ4n) is 2.40. The Labute approximate surface area is 177 Å². The highest BCUT2D eigenvalue weighted by Gasteiger charge is 2.04. The molecule has 0 unspecified atom stereocenters. The van der Waals surface area contributed by atoms with Crippen LogP contribution in [0.1, 0.15) is 32.0 Å². The summed E-state index contributed by atoms with van der Waals surface area (Å²) in [6, 6.07) is 9.78. The highest BCUT2D eigenvalue weighted by atomic mass is 16.5. The molecule has 6 nitrogen and oxygen atoms in total. The molecule has 2 aromatic rings. The number of allylic oxidation sites excluding steroid dienone is 6. The number of nitriles is 1. The molecule has 2 rings (SSSR count). The molecule has 0 bridgehead atoms. The Balaban J connectivity index is 1.98. The molecule has 0 saturated carbocycles. The van der Waals surface area contributed by atoms with Gasteiger partial charge in [-0.05, 0) is 56.2 Å². The van der Waals surface area contributed by atoms with Crippen LogP contribution in [0, 0.1) is 11.3 Å². The lowest BCUT2D eigenvalue weighted by Crippen LogP contribution is -2.05. The molecule has 154 valence electrons. The zero-order valence-electron chi connectivity index (χ0n) is 17.8. The van der Waals surface area contributed by atoms with Gasteiger partial charge in [0.05, 0.1) is 36.8 Å². The monoisotopic (exact) mass is 402 g/mol. The molecule has 1 N–H and O–H groups in total. The zero-order chi connectivity index (χ0) is 21.9. The summed E-state index contributed by atoms with van der Waals surface area (Å²) >= 11 is 0. The van der Waals surface area contributed by atoms with Crippen LogP contribution in [0.3, 0.4) is 0 Å². The molecule has 0 aliphatic rings. The average molecular weight is 402 g/mol. The molecule has 0 atom stereocenters. The van der Waals surface area contributed by atoms with Crippen molar-refractivity contribution in [1.82, 2.24) is 15.3 Å². The summed E-state index contributed by atoms with van der Waals surface area (Å²) in [6.45, 7) is 9.91. The van der Waals surface area contributed by atoms with Gasteiger partial charge in [0.2, 0.25) is 5.88 Å². The van der Waals surface area contributed by atoms with Crippen molar-refractivity contribution >= 4 is 5.57 Å². The Bertz CT molecular complexity index is 995. The second-order valence-corrected chi connectivity index (χ2v) is 6.66. The van der Waals surface area contributed by atoms with E-state index in [9.17, 15) is 0 Å². The second-order valence-electron chi connectivity index (χ2n) is 6.66. The SMILES string of the molecule is C=C(C)/C=C(C#N)\C=C/N/C(C)=C(\C)c1cnc(OCc2ccc(OC)cc2)cn1. The van der Waals surface area contributed by atoms with E-state index < -0.39 is 0 Å². The Morgan fingerprint density at radius 3 is 2.47 bits per heavy atom. The second kappa shape index (κ2) is 11.2. The number of nitrogens with zero attached hydrogens (tertiary/aromatic N) is 3. The van der Waals surface area contributed by atoms with E-state index in [1.165, 1.54) is 0 Å². The summed E-state index contributed by atoms with van der Waals surface area (Å²) in [5, 5.41) is 12.3. The third-order valence-electron chi connectivity index (χ3n) is 4.21. The lowest BCUT2D eigenvalue weighted by Gasteiger charge is -2.09. The Kier molecular flexibility index (Phi) is 8.40. The van der Waals surface area contributed by atoms with Crippen LogP contribution in [-0.4, -0.2) is 17.1 Å². The summed E-state index contributed by atoms with van der Waals surface area (Å²) in [5.41, 5.74) is 4.95. The maximum Gasteiger partial charge on any atom is 0.232 e. The van der Waals surface area contributed by atoms with E-state index in [4.69, 9.17) is 14.7 Å². The molecule has 30 heavy (non-hydrogen) atoms. The van der Waals surface area contributed by atoms with E-state index in [0.29, 0.717) is 18.1 Å². The van der Waals surface area contributed by atoms with E-state index in [1.807, 2.05) is 45.0 Å². The molecule has 1 heterocycles. The first-order chi connectivity index (χ1) is 14.4. The predicted octanol–water partition coefficient (Wildman–Crippen LogP) is 4.94. The maximum atomic E-state index is 9.11. The summed E-state index contributed by atoms with van der Waals surface area (Å²) in [6.07, 6.45) is 8.42. The van der Waals surface area contributed by atoms with Crippen molar-refractivity contribution in [1.29, 1.82) is 5.26 Å². The zero-order valence-corrected chi connectivity index (χ0v) is 17.8. The van der Waals surface area contributed by atoms with Crippen molar-refractivity contribution in [2.24, 2.45) is 0 Å². The van der Waals surface area contributed by atoms with Gasteiger partial charge in [0.15, 0.2) is 0 Å². The molecule has 0 amide bonds. The maximum absolute atomic E-state index is 9.11. The molecule has 6 heteroatoms. The fourth-order valence-corrected chi connectivity index (χ4v) is 2.40. The van der Waals surface area contributed by atoms with E-state index >= 15 is 0 Å². The molecule has 1 aromatic carbocycles. The van der Waals surface area contributed by atoms with Gasteiger partial charge >= 0.3 is 0 Å². The molecule has 0 spiro atoms. The Morgan fingerprint density at radius 2 is 1.90 bits per heavy atom. The van der Waals surface area contributed by atoms with Gasteiger partial charge < -0.3 is 14.8 Å². The van der Waals surface area contributed by atoms with Crippen molar-refractivity contribution in [3.63, 3.8) is 0 Å². The third kappa shape index (κ3) is 6.95. The Hall–Kier alpha value is -3.85. The van der Waals surface area contributed by atoms with E-state index in [0.717, 1.165) is 33.9 Å². The van der Waals surface area contributed by atoms with Crippen LogP contribution in [0.15, 0.2) is 78.4 Å². The van der Waals surface area contributed by atoms with Gasteiger partial charge in [-0.1, -0.05) is 24.3 Å². The summed E-state index contributed by atoms with van der Waals surface area (Å²) < 4.78 is 10.8. The number of aromatic nitrogens is 2. The number of rotatable bonds is 9. The summed E-state index contributed by atoms with van der Waals surface area (Å²) in [5.74, 6) is 1.26. The summed E-state index contributed by atoms with van der Waals surface area (Å²) in [4.78, 5) is 8.77. The van der Waals surface area contributed by atoms with Gasteiger partial charge in [-0.25, -0.2) is 9.97 Å². The highest BCUT2D eigenvalue weighted by molar-refractivity contribution is 5.62. The van der Waals surface area contributed by atoms with Crippen LogP contribution in [0.5, 0.6) is 11.6 Å². The summed E-state index contributed by atoms with van der Waals surface area (Å²) in [7, 11) is 1.64. The lowest BCUT2D eigenvalue weighted by atomic mass is 10.2. The first kappa shape index (κ1) is 22.4. The first-order valence-electron chi connectivity index (χ1n) is 9.39. The van der Waals surface area contributed by atoms with Crippen LogP contribution in [-0.2, 0) is 6.61 Å². The topological polar surface area (TPSA) is 80.1 Å². The van der Waals surface area contributed by atoms with Crippen molar-refractivity contribution in [2.75, 3.05) is 7.11 Å². The number of methoxy groups -OCH3 is 1. The van der Waals surface area contributed by atoms with Gasteiger partial charge in [0, 0.05) is 11.9 Å². The van der Waals surface area contributed by atoms with Crippen LogP contribution in [0.25, 0.3) is 5.57 Å². The minimum Gasteiger partial charge on any atom is -0.497 e. The number of benzene rings is 1. The smallest absolute Gasteiger partial charge is 0.232 e. The molecule has 0 aliphatic carbocycles. The van der Waals surface area contributed by atoms with Gasteiger partial charge in [-0.15, -0.1) is 0 Å². The molecular formula is C24H26N4O2. The normalized spacial score (nSPS) is 12.2. The number of hydrogen-bond acceptors (Lipinski definition) is 6. The fraction of sp³-hybridized carbons (Fsp3) is 0.208. The van der Waals surface area contributed by atoms with Crippen molar-refractivity contribution in [3.05, 3.63) is 89.7 Å². The van der Waals surface area contributed by atoms with E-state index in [2.05, 4.69) is 27.9 Å². The predicted molar refractivity (Wildman–Crippen MR) is 118 cm³/mol. The van der Waals surface area contributed by atoms with Crippen LogP contribution >= 0.6 is 0 Å². The third-order valence-corrected chi connectivity index (χ3v) is 4.21. The minimum absolute atomic E-state index is 0.400. The molecule has 0 fully saturated rings. The van der Waals surface area contributed by atoms with Gasteiger partial charge in [0.1, 0.15) is 12.4 Å². The van der Waals surface area contributed by atoms with E-state index in [1.54, 1.807) is 37.9 Å². The quantitative estimate of drug-likeness (QED) is 0.472. The highest BCUT2D eigenvalue weighted by Crippen LogP contribution is 2.17. The largest absolute Gasteiger partial charge is 0.497 e. The van der Waals surface area contributed by atoms with Crippen molar-refractivity contribution in [2.45, 2.75) is 27.4 Å². The van der Waals surface area contributed by atoms with Crippen molar-refractivity contribution < 1.29 is 9.47 Å². The van der Waals surface area contributed by atoms with Gasteiger partial charge in [-0.2, -0.15) is 5.26 Å². The van der Waals surface area contributed by atoms with Gasteiger partial charge in [-0.3, -0.25) is 0 Å². The first-order valence-corrected chi connectivity index (χ1v) is 9.39. The molecule has 0 radical (unpaired) electrons. The standard InChI is InChI=1S/C24H26N4O2/c1-17(2)12-21(13-25)10-11-26-19(4)18(3)23-14-28-24(15-27-23)30-16-20-6-8-22(29-5)9-7-20/h6-12,14-15,26H,1,16H2,2-5H3/b11-10-,19-18+,21-12+. The number of ether oxygens (including phenoxy) is 2. The van der Waals surface area contributed by atoms with Crippen molar-refractivity contribution in [3.8, 4) is 17.7 Å². The van der Waals surface area contributed by atoms with Crippen LogP contribution in [0.4, 0.5) is 0 Å². The average Bonchev–Trinajstić information content (AvgIpc) is 2.76. The number of hydrogen-bond donors (Lipinski definition) is 1. The van der Waals surface area contributed by atoms with Gasteiger partial charge in [0.25, 0.3) is 0 Å². The molecule has 0 saturated heterocycles. The molecular weight excluding hydrogens is 376 g/mol.